The Morgan fingerprint density at radius 3 is 2.19 bits per heavy atom. The Bertz CT molecular complexity index is 625. The fourth-order valence-electron chi connectivity index (χ4n) is 1.53. The van der Waals surface area contributed by atoms with E-state index in [1.54, 1.807) is 30.3 Å². The first-order valence-electron chi connectivity index (χ1n) is 4.25. The molecule has 0 fully saturated rings. The van der Waals surface area contributed by atoms with Gasteiger partial charge in [0.25, 0.3) is 10.1 Å². The van der Waals surface area contributed by atoms with E-state index in [1.807, 2.05) is 0 Å². The van der Waals surface area contributed by atoms with Crippen molar-refractivity contribution in [1.82, 2.24) is 0 Å². The van der Waals surface area contributed by atoms with Gasteiger partial charge in [-0.3, -0.25) is 4.55 Å². The second-order valence-corrected chi connectivity index (χ2v) is 4.56. The van der Waals surface area contributed by atoms with Crippen molar-refractivity contribution in [3.05, 3.63) is 36.4 Å². The van der Waals surface area contributed by atoms with Crippen LogP contribution >= 0.6 is 0 Å². The summed E-state index contributed by atoms with van der Waals surface area (Å²) in [5, 5.41) is 1.05. The van der Waals surface area contributed by atoms with Crippen LogP contribution in [0, 0.1) is 0 Å². The molecule has 0 aliphatic heterocycles. The molecule has 3 N–H and O–H groups in total. The minimum atomic E-state index is -4.20. The number of fused-ring (bicyclic) bond motifs is 1. The molecule has 0 spiro atoms. The van der Waals surface area contributed by atoms with Crippen molar-refractivity contribution in [1.29, 1.82) is 0 Å². The summed E-state index contributed by atoms with van der Waals surface area (Å²) in [5.41, 5.74) is 6.18. The average Bonchev–Trinajstić information content (AvgIpc) is 2.16. The molecule has 0 heterocycles. The molecule has 0 aromatic heterocycles. The average molecular weight is 247 g/mol. The van der Waals surface area contributed by atoms with Crippen molar-refractivity contribution in [2.24, 2.45) is 0 Å². The molecule has 2 rings (SSSR count). The van der Waals surface area contributed by atoms with E-state index in [0.717, 1.165) is 0 Å². The first-order chi connectivity index (χ1) is 7.00. The van der Waals surface area contributed by atoms with Crippen molar-refractivity contribution >= 4 is 56.1 Å². The molecule has 0 aliphatic carbocycles. The molecule has 0 saturated heterocycles. The van der Waals surface area contributed by atoms with Crippen LogP contribution in [0.25, 0.3) is 10.8 Å². The number of nitrogen functional groups attached to an aromatic ring is 1. The van der Waals surface area contributed by atoms with E-state index < -0.39 is 10.1 Å². The molecule has 0 radical (unpaired) electrons. The Labute approximate surface area is 115 Å². The summed E-state index contributed by atoms with van der Waals surface area (Å²) in [5.74, 6) is 0. The molecule has 80 valence electrons. The van der Waals surface area contributed by atoms with Crippen molar-refractivity contribution in [3.63, 3.8) is 0 Å². The summed E-state index contributed by atoms with van der Waals surface area (Å²) >= 11 is 0. The molecule has 0 saturated carbocycles. The minimum absolute atomic E-state index is 0. The summed E-state index contributed by atoms with van der Waals surface area (Å²) < 4.78 is 31.2. The maximum absolute atomic E-state index is 11.1. The number of hydrogen-bond acceptors (Lipinski definition) is 3. The van der Waals surface area contributed by atoms with Crippen molar-refractivity contribution in [2.45, 2.75) is 4.90 Å². The van der Waals surface area contributed by atoms with Crippen LogP contribution in [0.3, 0.4) is 0 Å². The van der Waals surface area contributed by atoms with Gasteiger partial charge in [-0.1, -0.05) is 24.3 Å². The molecule has 2 aromatic carbocycles. The van der Waals surface area contributed by atoms with E-state index in [4.69, 9.17) is 10.3 Å². The molecule has 0 bridgehead atoms. The molecule has 4 nitrogen and oxygen atoms in total. The first kappa shape index (κ1) is 13.5. The fourth-order valence-corrected chi connectivity index (χ4v) is 2.24. The van der Waals surface area contributed by atoms with Crippen LogP contribution in [0.15, 0.2) is 41.3 Å². The van der Waals surface area contributed by atoms with Crippen molar-refractivity contribution in [3.8, 4) is 0 Å². The number of nitrogens with two attached hydrogens (primary N) is 1. The predicted octanol–water partition coefficient (Wildman–Crippen LogP) is 1.02. The molecular weight excluding hydrogens is 237 g/mol. The van der Waals surface area contributed by atoms with E-state index in [9.17, 15) is 8.42 Å². The maximum atomic E-state index is 11.1. The van der Waals surface area contributed by atoms with Gasteiger partial charge in [0.1, 0.15) is 4.90 Å². The van der Waals surface area contributed by atoms with E-state index in [-0.39, 0.29) is 34.5 Å². The number of anilines is 1. The number of rotatable bonds is 1. The van der Waals surface area contributed by atoms with E-state index in [1.165, 1.54) is 6.07 Å². The van der Waals surface area contributed by atoms with Crippen LogP contribution in [0.2, 0.25) is 0 Å². The SMILES string of the molecule is Nc1cccc2c(S(=O)(=O)O)cccc12.[NaH]. The van der Waals surface area contributed by atoms with E-state index in [0.29, 0.717) is 16.5 Å². The molecule has 0 atom stereocenters. The van der Waals surface area contributed by atoms with Gasteiger partial charge < -0.3 is 5.73 Å². The van der Waals surface area contributed by atoms with Crippen molar-refractivity contribution < 1.29 is 13.0 Å². The van der Waals surface area contributed by atoms with Gasteiger partial charge in [-0.15, -0.1) is 0 Å². The summed E-state index contributed by atoms with van der Waals surface area (Å²) in [6, 6.07) is 9.52. The van der Waals surface area contributed by atoms with Crippen LogP contribution in [0.1, 0.15) is 0 Å². The van der Waals surface area contributed by atoms with E-state index >= 15 is 0 Å². The van der Waals surface area contributed by atoms with Gasteiger partial charge in [0, 0.05) is 16.5 Å². The zero-order valence-electron chi connectivity index (χ0n) is 7.71. The van der Waals surface area contributed by atoms with Crippen LogP contribution < -0.4 is 5.73 Å². The standard InChI is InChI=1S/C10H9NO3S.Na.H/c11-9-5-1-4-8-7(9)3-2-6-10(8)15(12,13)14;;/h1-6H,11H2,(H,12,13,14);;. The molecule has 0 amide bonds. The molecule has 2 aromatic rings. The third-order valence-corrected chi connectivity index (χ3v) is 3.11. The Hall–Kier alpha value is -0.590. The normalized spacial score (nSPS) is 11.1. The van der Waals surface area contributed by atoms with E-state index in [2.05, 4.69) is 0 Å². The third kappa shape index (κ3) is 2.39. The van der Waals surface area contributed by atoms with Crippen LogP contribution in [-0.2, 0) is 10.1 Å². The van der Waals surface area contributed by atoms with Gasteiger partial charge in [-0.2, -0.15) is 8.42 Å². The molecule has 6 heteroatoms. The summed E-state index contributed by atoms with van der Waals surface area (Å²) in [6.45, 7) is 0. The molecule has 16 heavy (non-hydrogen) atoms. The van der Waals surface area contributed by atoms with Crippen LogP contribution in [-0.4, -0.2) is 42.5 Å². The van der Waals surface area contributed by atoms with Gasteiger partial charge in [-0.25, -0.2) is 0 Å². The van der Waals surface area contributed by atoms with Crippen LogP contribution in [0.5, 0.6) is 0 Å². The van der Waals surface area contributed by atoms with Gasteiger partial charge >= 0.3 is 29.6 Å². The van der Waals surface area contributed by atoms with Crippen molar-refractivity contribution in [2.75, 3.05) is 5.73 Å². The molecule has 0 aliphatic rings. The zero-order chi connectivity index (χ0) is 11.1. The zero-order valence-corrected chi connectivity index (χ0v) is 8.53. The first-order valence-corrected chi connectivity index (χ1v) is 5.69. The summed E-state index contributed by atoms with van der Waals surface area (Å²) in [7, 11) is -4.20. The second-order valence-electron chi connectivity index (χ2n) is 3.17. The van der Waals surface area contributed by atoms with Gasteiger partial charge in [-0.05, 0) is 12.1 Å². The molecular formula is C10H10NNaO3S. The third-order valence-electron chi connectivity index (χ3n) is 2.19. The van der Waals surface area contributed by atoms with Gasteiger partial charge in [0.2, 0.25) is 0 Å². The Balaban J connectivity index is 0.00000128. The Morgan fingerprint density at radius 2 is 1.56 bits per heavy atom. The fraction of sp³-hybridized carbons (Fsp3) is 0. The van der Waals surface area contributed by atoms with Crippen LogP contribution in [0.4, 0.5) is 5.69 Å². The monoisotopic (exact) mass is 247 g/mol. The topological polar surface area (TPSA) is 80.4 Å². The quantitative estimate of drug-likeness (QED) is 0.448. The second kappa shape index (κ2) is 4.73. The molecule has 0 unspecified atom stereocenters. The predicted molar refractivity (Wildman–Crippen MR) is 65.3 cm³/mol. The van der Waals surface area contributed by atoms with Gasteiger partial charge in [0.05, 0.1) is 0 Å². The summed E-state index contributed by atoms with van der Waals surface area (Å²) in [6.07, 6.45) is 0. The number of hydrogen-bond donors (Lipinski definition) is 2. The Kier molecular flexibility index (Phi) is 3.98. The summed E-state index contributed by atoms with van der Waals surface area (Å²) in [4.78, 5) is -0.118. The number of benzene rings is 2. The van der Waals surface area contributed by atoms with Gasteiger partial charge in [0.15, 0.2) is 0 Å². The Morgan fingerprint density at radius 1 is 1.00 bits per heavy atom.